The molecular weight excluding hydrogens is 407 g/mol. The zero-order valence-electron chi connectivity index (χ0n) is 15.5. The van der Waals surface area contributed by atoms with Crippen LogP contribution in [0.25, 0.3) is 28.7 Å². The molecule has 0 saturated heterocycles. The highest BCUT2D eigenvalue weighted by Crippen LogP contribution is 2.21. The van der Waals surface area contributed by atoms with Gasteiger partial charge in [-0.05, 0) is 60.4 Å². The molecule has 0 atom stereocenters. The number of rotatable bonds is 4. The van der Waals surface area contributed by atoms with Crippen molar-refractivity contribution in [1.82, 2.24) is 9.55 Å². The topological polar surface area (TPSA) is 34.9 Å². The number of thioether (sulfide) groups is 1. The number of halogens is 2. The number of fused-ring (bicyclic) bond motifs is 1. The van der Waals surface area contributed by atoms with Gasteiger partial charge >= 0.3 is 0 Å². The first-order valence-corrected chi connectivity index (χ1v) is 10.5. The van der Waals surface area contributed by atoms with Crippen molar-refractivity contribution in [1.29, 1.82) is 0 Å². The van der Waals surface area contributed by atoms with E-state index in [-0.39, 0.29) is 10.6 Å². The van der Waals surface area contributed by atoms with Gasteiger partial charge in [0, 0.05) is 4.90 Å². The normalized spacial score (nSPS) is 11.4. The van der Waals surface area contributed by atoms with E-state index in [1.807, 2.05) is 42.7 Å². The van der Waals surface area contributed by atoms with Crippen LogP contribution in [-0.2, 0) is 0 Å². The highest BCUT2D eigenvalue weighted by Gasteiger charge is 2.12. The van der Waals surface area contributed by atoms with Gasteiger partial charge in [-0.25, -0.2) is 9.37 Å². The molecule has 1 heterocycles. The number of nitrogens with zero attached hydrogens (tertiary/aromatic N) is 2. The first-order valence-electron chi connectivity index (χ1n) is 8.86. The molecule has 4 aromatic rings. The van der Waals surface area contributed by atoms with Crippen LogP contribution in [0.15, 0.2) is 76.4 Å². The summed E-state index contributed by atoms with van der Waals surface area (Å²) in [4.78, 5) is 19.0. The van der Waals surface area contributed by atoms with E-state index in [2.05, 4.69) is 4.98 Å². The minimum absolute atomic E-state index is 0.0508. The molecule has 0 N–H and O–H groups in total. The van der Waals surface area contributed by atoms with Crippen molar-refractivity contribution in [3.8, 4) is 5.69 Å². The van der Waals surface area contributed by atoms with Crippen LogP contribution in [0.5, 0.6) is 0 Å². The van der Waals surface area contributed by atoms with Crippen LogP contribution < -0.4 is 5.56 Å². The third-order valence-corrected chi connectivity index (χ3v) is 5.54. The Bertz CT molecular complexity index is 1280. The van der Waals surface area contributed by atoms with Gasteiger partial charge in [-0.3, -0.25) is 9.36 Å². The van der Waals surface area contributed by atoms with E-state index in [9.17, 15) is 9.18 Å². The Labute approximate surface area is 176 Å². The van der Waals surface area contributed by atoms with E-state index < -0.39 is 5.82 Å². The molecule has 0 aliphatic heterocycles. The van der Waals surface area contributed by atoms with Crippen molar-refractivity contribution in [3.63, 3.8) is 0 Å². The van der Waals surface area contributed by atoms with Gasteiger partial charge in [-0.2, -0.15) is 0 Å². The summed E-state index contributed by atoms with van der Waals surface area (Å²) in [6.07, 6.45) is 5.69. The van der Waals surface area contributed by atoms with E-state index in [0.29, 0.717) is 22.4 Å². The van der Waals surface area contributed by atoms with Crippen molar-refractivity contribution in [2.24, 2.45) is 0 Å². The number of para-hydroxylation sites is 1. The maximum atomic E-state index is 13.6. The van der Waals surface area contributed by atoms with Crippen molar-refractivity contribution < 1.29 is 4.39 Å². The highest BCUT2D eigenvalue weighted by molar-refractivity contribution is 7.98. The summed E-state index contributed by atoms with van der Waals surface area (Å²) in [6.45, 7) is 0. The van der Waals surface area contributed by atoms with Gasteiger partial charge in [0.1, 0.15) is 11.6 Å². The lowest BCUT2D eigenvalue weighted by atomic mass is 10.2. The Morgan fingerprint density at radius 2 is 1.79 bits per heavy atom. The molecule has 0 spiro atoms. The fourth-order valence-corrected chi connectivity index (χ4v) is 3.60. The van der Waals surface area contributed by atoms with Crippen LogP contribution in [0, 0.1) is 5.82 Å². The van der Waals surface area contributed by atoms with Crippen molar-refractivity contribution in [2.75, 3.05) is 6.26 Å². The Kier molecular flexibility index (Phi) is 5.51. The van der Waals surface area contributed by atoms with Crippen LogP contribution in [0.2, 0.25) is 5.02 Å². The summed E-state index contributed by atoms with van der Waals surface area (Å²) in [7, 11) is 0. The van der Waals surface area contributed by atoms with Gasteiger partial charge in [-0.15, -0.1) is 11.8 Å². The Hall–Kier alpha value is -2.89. The second kappa shape index (κ2) is 8.23. The van der Waals surface area contributed by atoms with E-state index >= 15 is 0 Å². The summed E-state index contributed by atoms with van der Waals surface area (Å²) in [5, 5.41) is 0.430. The van der Waals surface area contributed by atoms with E-state index in [4.69, 9.17) is 11.6 Å². The van der Waals surface area contributed by atoms with E-state index in [1.165, 1.54) is 27.7 Å². The maximum absolute atomic E-state index is 13.6. The lowest BCUT2D eigenvalue weighted by Gasteiger charge is -2.12. The Morgan fingerprint density at radius 1 is 1.03 bits per heavy atom. The summed E-state index contributed by atoms with van der Waals surface area (Å²) in [5.74, 6) is -0.103. The molecule has 0 saturated carbocycles. The maximum Gasteiger partial charge on any atom is 0.266 e. The lowest BCUT2D eigenvalue weighted by molar-refractivity contribution is 0.627. The van der Waals surface area contributed by atoms with Crippen molar-refractivity contribution >= 4 is 46.4 Å². The zero-order chi connectivity index (χ0) is 20.4. The molecule has 3 nitrogen and oxygen atoms in total. The largest absolute Gasteiger partial charge is 0.268 e. The zero-order valence-corrected chi connectivity index (χ0v) is 17.0. The minimum atomic E-state index is -0.539. The minimum Gasteiger partial charge on any atom is -0.268 e. The Balaban J connectivity index is 1.90. The smallest absolute Gasteiger partial charge is 0.266 e. The molecule has 0 bridgehead atoms. The summed E-state index contributed by atoms with van der Waals surface area (Å²) in [6, 6.07) is 19.4. The van der Waals surface area contributed by atoms with Gasteiger partial charge < -0.3 is 0 Å². The standard InChI is InChI=1S/C23H16ClFN2OS/c1-29-17-10-6-15(7-11-17)8-13-22-26-21-5-3-2-4-18(21)23(28)27(22)16-9-12-20(25)19(24)14-16/h2-14H,1H3/b13-8+. The quantitative estimate of drug-likeness (QED) is 0.374. The van der Waals surface area contributed by atoms with Crippen LogP contribution in [0.3, 0.4) is 0 Å². The molecule has 0 radical (unpaired) electrons. The number of hydrogen-bond donors (Lipinski definition) is 0. The van der Waals surface area contributed by atoms with Crippen LogP contribution in [0.1, 0.15) is 11.4 Å². The number of aromatic nitrogens is 2. The molecular formula is C23H16ClFN2OS. The van der Waals surface area contributed by atoms with Crippen molar-refractivity contribution in [2.45, 2.75) is 4.90 Å². The van der Waals surface area contributed by atoms with E-state index in [0.717, 1.165) is 5.56 Å². The second-order valence-electron chi connectivity index (χ2n) is 6.33. The predicted molar refractivity (Wildman–Crippen MR) is 119 cm³/mol. The summed E-state index contributed by atoms with van der Waals surface area (Å²) < 4.78 is 15.1. The average molecular weight is 423 g/mol. The van der Waals surface area contributed by atoms with Gasteiger partial charge in [0.15, 0.2) is 0 Å². The molecule has 0 amide bonds. The average Bonchev–Trinajstić information content (AvgIpc) is 2.75. The molecule has 4 rings (SSSR count). The lowest BCUT2D eigenvalue weighted by Crippen LogP contribution is -2.22. The molecule has 3 aromatic carbocycles. The SMILES string of the molecule is CSc1ccc(/C=C/c2nc3ccccc3c(=O)n2-c2ccc(F)c(Cl)c2)cc1. The molecule has 144 valence electrons. The van der Waals surface area contributed by atoms with Crippen molar-refractivity contribution in [3.05, 3.63) is 99.3 Å². The van der Waals surface area contributed by atoms with Gasteiger partial charge in [0.2, 0.25) is 0 Å². The van der Waals surface area contributed by atoms with Gasteiger partial charge in [0.05, 0.1) is 21.6 Å². The third kappa shape index (κ3) is 3.97. The summed E-state index contributed by atoms with van der Waals surface area (Å²) in [5.41, 5.74) is 1.79. The van der Waals surface area contributed by atoms with Crippen LogP contribution in [0.4, 0.5) is 4.39 Å². The van der Waals surface area contributed by atoms with Crippen LogP contribution in [-0.4, -0.2) is 15.8 Å². The second-order valence-corrected chi connectivity index (χ2v) is 7.62. The fourth-order valence-electron chi connectivity index (χ4n) is 3.02. The molecule has 0 fully saturated rings. The monoisotopic (exact) mass is 422 g/mol. The molecule has 6 heteroatoms. The van der Waals surface area contributed by atoms with E-state index in [1.54, 1.807) is 36.0 Å². The first-order chi connectivity index (χ1) is 14.1. The number of benzene rings is 3. The third-order valence-electron chi connectivity index (χ3n) is 4.50. The first kappa shape index (κ1) is 19.4. The summed E-state index contributed by atoms with van der Waals surface area (Å²) >= 11 is 7.63. The fraction of sp³-hybridized carbons (Fsp3) is 0.0435. The molecule has 0 aliphatic rings. The molecule has 0 unspecified atom stereocenters. The van der Waals surface area contributed by atoms with Gasteiger partial charge in [-0.1, -0.05) is 41.9 Å². The predicted octanol–water partition coefficient (Wildman–Crippen LogP) is 6.07. The number of hydrogen-bond acceptors (Lipinski definition) is 3. The van der Waals surface area contributed by atoms with Crippen LogP contribution >= 0.6 is 23.4 Å². The molecule has 1 aromatic heterocycles. The highest BCUT2D eigenvalue weighted by atomic mass is 35.5. The Morgan fingerprint density at radius 3 is 2.52 bits per heavy atom. The molecule has 29 heavy (non-hydrogen) atoms. The van der Waals surface area contributed by atoms with Gasteiger partial charge in [0.25, 0.3) is 5.56 Å². The molecule has 0 aliphatic carbocycles.